The Kier molecular flexibility index (Phi) is 11.8. The highest BCUT2D eigenvalue weighted by molar-refractivity contribution is 6.26. The number of benzene rings is 2. The number of rotatable bonds is 11. The minimum absolute atomic E-state index is 0.00436. The van der Waals surface area contributed by atoms with Gasteiger partial charge in [-0.1, -0.05) is 6.07 Å². The lowest BCUT2D eigenvalue weighted by atomic mass is 9.57. The van der Waals surface area contributed by atoms with E-state index in [2.05, 4.69) is 5.32 Å². The Bertz CT molecular complexity index is 2930. The third-order valence-corrected chi connectivity index (χ3v) is 15.9. The average Bonchev–Trinajstić information content (AvgIpc) is 4.03. The van der Waals surface area contributed by atoms with Gasteiger partial charge < -0.3 is 55.9 Å². The van der Waals surface area contributed by atoms with Crippen LogP contribution in [0.25, 0.3) is 11.5 Å². The van der Waals surface area contributed by atoms with Gasteiger partial charge in [-0.15, -0.1) is 0 Å². The molecular formula is C50H55N5O16. The molecule has 0 radical (unpaired) electrons. The fourth-order valence-electron chi connectivity index (χ4n) is 12.8. The normalized spacial score (nSPS) is 30.9. The molecule has 10 atom stereocenters. The summed E-state index contributed by atoms with van der Waals surface area (Å²) in [5, 5.41) is 61.3. The van der Waals surface area contributed by atoms with E-state index < -0.39 is 128 Å². The van der Waals surface area contributed by atoms with Crippen LogP contribution in [0.15, 0.2) is 58.1 Å². The Morgan fingerprint density at radius 3 is 1.65 bits per heavy atom. The summed E-state index contributed by atoms with van der Waals surface area (Å²) in [6, 6.07) is 3.93. The van der Waals surface area contributed by atoms with E-state index in [1.165, 1.54) is 29.0 Å². The van der Waals surface area contributed by atoms with Crippen LogP contribution >= 0.6 is 0 Å². The third kappa shape index (κ3) is 6.83. The second-order valence-corrected chi connectivity index (χ2v) is 19.8. The highest BCUT2D eigenvalue weighted by Gasteiger charge is 2.67. The molecule has 0 aliphatic heterocycles. The Labute approximate surface area is 406 Å². The molecule has 2 aromatic carbocycles. The summed E-state index contributed by atoms with van der Waals surface area (Å²) in [7, 11) is 9.83. The highest BCUT2D eigenvalue weighted by atomic mass is 16.5. The van der Waals surface area contributed by atoms with E-state index in [1.54, 1.807) is 40.3 Å². The van der Waals surface area contributed by atoms with Crippen LogP contribution in [0.3, 0.4) is 0 Å². The molecule has 7 aliphatic carbocycles. The first-order valence-corrected chi connectivity index (χ1v) is 23.0. The van der Waals surface area contributed by atoms with Gasteiger partial charge in [0.15, 0.2) is 22.8 Å². The summed E-state index contributed by atoms with van der Waals surface area (Å²) in [5.74, 6) is -12.7. The number of amides is 3. The minimum atomic E-state index is -2.28. The molecule has 3 fully saturated rings. The van der Waals surface area contributed by atoms with E-state index in [4.69, 9.17) is 30.4 Å². The van der Waals surface area contributed by atoms with Crippen LogP contribution in [0, 0.1) is 29.6 Å². The lowest BCUT2D eigenvalue weighted by molar-refractivity contribution is -0.160. The molecule has 9 rings (SSSR count). The van der Waals surface area contributed by atoms with E-state index in [9.17, 15) is 59.1 Å². The van der Waals surface area contributed by atoms with Gasteiger partial charge in [0.1, 0.15) is 51.8 Å². The van der Waals surface area contributed by atoms with Crippen molar-refractivity contribution in [1.82, 2.24) is 9.80 Å². The topological polar surface area (TPSA) is 328 Å². The van der Waals surface area contributed by atoms with Gasteiger partial charge in [0.05, 0.1) is 30.3 Å². The van der Waals surface area contributed by atoms with Crippen molar-refractivity contribution in [2.75, 3.05) is 54.8 Å². The number of aliphatic hydroxyl groups excluding tert-OH is 4. The SMILES string of the molecule is COC(=O)Nc1ccc(OC2CC2Cc2ccc(O)c3c2C[C@H]2C[C@H]4[C@H](N(C)C)C(=O)C(C(N)=O)=C(O)[C@@]4(OC)C(=O)C2=C3O)c2c1C[C@H]1C[C@H]3[C@H](N(C)C)C(=O)C(C(N)=O)=C(O)[C@@]3(OC)C(=O)C1=C2O. The van der Waals surface area contributed by atoms with Crippen LogP contribution in [0.5, 0.6) is 11.5 Å². The predicted octanol–water partition coefficient (Wildman–Crippen LogP) is 2.03. The molecule has 376 valence electrons. The first kappa shape index (κ1) is 48.9. The number of anilines is 1. The number of ether oxygens (including phenoxy) is 4. The molecule has 3 amide bonds. The number of aliphatic hydroxyl groups is 4. The molecule has 21 heteroatoms. The zero-order valence-corrected chi connectivity index (χ0v) is 39.9. The molecule has 21 nitrogen and oxygen atoms in total. The van der Waals surface area contributed by atoms with Gasteiger partial charge in [0.25, 0.3) is 11.8 Å². The number of hydrogen-bond acceptors (Lipinski definition) is 18. The molecule has 7 aliphatic rings. The van der Waals surface area contributed by atoms with Crippen LogP contribution in [0.4, 0.5) is 10.5 Å². The van der Waals surface area contributed by atoms with Crippen LogP contribution in [-0.2, 0) is 62.2 Å². The van der Waals surface area contributed by atoms with Crippen molar-refractivity contribution in [3.8, 4) is 11.5 Å². The van der Waals surface area contributed by atoms with Crippen molar-refractivity contribution in [3.63, 3.8) is 0 Å². The summed E-state index contributed by atoms with van der Waals surface area (Å²) in [6.07, 6.45) is -0.231. The third-order valence-electron chi connectivity index (χ3n) is 15.9. The number of phenols is 1. The van der Waals surface area contributed by atoms with E-state index in [0.717, 1.165) is 14.2 Å². The number of carbonyl (C=O) groups is 7. The number of Topliss-reactive ketones (excluding diaryl/α,β-unsaturated/α-hetero) is 4. The smallest absolute Gasteiger partial charge is 0.411 e. The number of nitrogens with one attached hydrogen (secondary N) is 1. The second kappa shape index (κ2) is 17.1. The molecule has 2 aromatic rings. The summed E-state index contributed by atoms with van der Waals surface area (Å²) in [5.41, 5.74) is 6.76. The zero-order chi connectivity index (χ0) is 51.7. The Hall–Kier alpha value is -7.07. The summed E-state index contributed by atoms with van der Waals surface area (Å²) in [6.45, 7) is 0. The van der Waals surface area contributed by atoms with Crippen molar-refractivity contribution >= 4 is 58.2 Å². The lowest BCUT2D eigenvalue weighted by Gasteiger charge is -2.52. The van der Waals surface area contributed by atoms with Crippen molar-refractivity contribution < 1.29 is 78.0 Å². The first-order chi connectivity index (χ1) is 33.5. The van der Waals surface area contributed by atoms with E-state index in [0.29, 0.717) is 29.5 Å². The van der Waals surface area contributed by atoms with Crippen LogP contribution in [-0.4, -0.2) is 155 Å². The number of nitrogens with zero attached hydrogens (tertiary/aromatic N) is 2. The molecule has 0 spiro atoms. The Morgan fingerprint density at radius 1 is 0.690 bits per heavy atom. The maximum atomic E-state index is 15.0. The number of carbonyl (C=O) groups excluding carboxylic acids is 7. The number of methoxy groups -OCH3 is 3. The molecule has 2 unspecified atom stereocenters. The monoisotopic (exact) mass is 981 g/mol. The van der Waals surface area contributed by atoms with Crippen molar-refractivity contribution in [2.24, 2.45) is 41.1 Å². The molecular weight excluding hydrogens is 927 g/mol. The highest BCUT2D eigenvalue weighted by Crippen LogP contribution is 2.57. The van der Waals surface area contributed by atoms with Gasteiger partial charge in [0.2, 0.25) is 11.6 Å². The fraction of sp³-hybridized carbons (Fsp3) is 0.460. The predicted molar refractivity (Wildman–Crippen MR) is 249 cm³/mol. The maximum Gasteiger partial charge on any atom is 0.411 e. The number of ketones is 4. The lowest BCUT2D eigenvalue weighted by Crippen LogP contribution is -2.66. The van der Waals surface area contributed by atoms with Crippen LogP contribution in [0.1, 0.15) is 47.1 Å². The number of primary amides is 2. The zero-order valence-electron chi connectivity index (χ0n) is 39.9. The summed E-state index contributed by atoms with van der Waals surface area (Å²) < 4.78 is 23.1. The molecule has 0 bridgehead atoms. The van der Waals surface area contributed by atoms with Gasteiger partial charge in [-0.2, -0.15) is 0 Å². The van der Waals surface area contributed by atoms with Crippen molar-refractivity contribution in [3.05, 3.63) is 85.9 Å². The molecule has 71 heavy (non-hydrogen) atoms. The standard InChI is InChI=1S/C50H55N5O16/c1-54(2)36-24-15-20-13-22-18(8-10-27(56)32(22)38(57)30(20)42(61)49(24,69-6)44(63)34(40(36)59)46(51)65)12-19-17-29(19)71-28-11-9-26(53-48(67)68-5)23-14-21-16-25-37(55(3)4)41(60)35(47(52)66)45(64)50(25,70-7)43(62)31(21)39(58)33(23)28/h8-11,19-21,24-25,29,36-37,56-58,63-64H,12-17H2,1-7H3,(H2,51,65)(H2,52,66)(H,53,67)/t19?,20-,21-,24-,25-,29?,36-,37-,49-,50-/m0/s1. The molecule has 0 saturated heterocycles. The molecule has 0 heterocycles. The summed E-state index contributed by atoms with van der Waals surface area (Å²) >= 11 is 0. The quantitative estimate of drug-likeness (QED) is 0.149. The Balaban J connectivity index is 1.06. The van der Waals surface area contributed by atoms with Gasteiger partial charge in [0, 0.05) is 48.8 Å². The first-order valence-electron chi connectivity index (χ1n) is 23.0. The number of aromatic hydroxyl groups is 1. The maximum absolute atomic E-state index is 15.0. The second-order valence-electron chi connectivity index (χ2n) is 19.8. The largest absolute Gasteiger partial charge is 0.508 e. The van der Waals surface area contributed by atoms with E-state index >= 15 is 0 Å². The number of phenolic OH excluding ortho intramolecular Hbond substituents is 1. The Morgan fingerprint density at radius 2 is 1.18 bits per heavy atom. The van der Waals surface area contributed by atoms with Crippen LogP contribution < -0.4 is 21.5 Å². The molecule has 0 aromatic heterocycles. The molecule has 3 saturated carbocycles. The van der Waals surface area contributed by atoms with Gasteiger partial charge in [-0.05, 0) is 113 Å². The van der Waals surface area contributed by atoms with Gasteiger partial charge in [-0.25, -0.2) is 4.79 Å². The van der Waals surface area contributed by atoms with E-state index in [1.807, 2.05) is 0 Å². The van der Waals surface area contributed by atoms with Crippen molar-refractivity contribution in [2.45, 2.75) is 67.9 Å². The van der Waals surface area contributed by atoms with E-state index in [-0.39, 0.29) is 71.1 Å². The minimum Gasteiger partial charge on any atom is -0.508 e. The number of fused-ring (bicyclic) bond motifs is 6. The number of likely N-dealkylation sites (N-methyl/N-ethyl adjacent to an activating group) is 2. The number of nitrogens with two attached hydrogens (primary N) is 2. The fourth-order valence-corrected chi connectivity index (χ4v) is 12.8. The summed E-state index contributed by atoms with van der Waals surface area (Å²) in [4.78, 5) is 98.0. The number of hydrogen-bond donors (Lipinski definition) is 8. The van der Waals surface area contributed by atoms with Gasteiger partial charge >= 0.3 is 6.09 Å². The average molecular weight is 982 g/mol. The van der Waals surface area contributed by atoms with Crippen LogP contribution in [0.2, 0.25) is 0 Å². The molecule has 10 N–H and O–H groups in total. The van der Waals surface area contributed by atoms with Crippen molar-refractivity contribution in [1.29, 1.82) is 0 Å². The van der Waals surface area contributed by atoms with Gasteiger partial charge in [-0.3, -0.25) is 43.9 Å².